The Balaban J connectivity index is 1.86. The van der Waals surface area contributed by atoms with Gasteiger partial charge in [-0.25, -0.2) is 0 Å². The van der Waals surface area contributed by atoms with E-state index in [9.17, 15) is 0 Å². The maximum absolute atomic E-state index is 4.42. The minimum Gasteiger partial charge on any atom is -0.258 e. The molecule has 1 aromatic carbocycles. The summed E-state index contributed by atoms with van der Waals surface area (Å²) in [6.45, 7) is 0. The average molecular weight is 245 g/mol. The fourth-order valence-corrected chi connectivity index (χ4v) is 3.92. The van der Waals surface area contributed by atoms with Gasteiger partial charge in [0, 0.05) is 23.3 Å². The standard InChI is InChI=1S/C13H11NS2/c1-2-4-10(5-3-1)8-11-9-12-13(16-11)15-7-6-14-12/h1-6,9H,7-8H2. The fraction of sp³-hybridized carbons (Fsp3) is 0.154. The third kappa shape index (κ3) is 2.06. The molecular formula is C13H11NS2. The highest BCUT2D eigenvalue weighted by Gasteiger charge is 2.11. The van der Waals surface area contributed by atoms with Gasteiger partial charge in [-0.1, -0.05) is 30.3 Å². The molecule has 1 aliphatic rings. The Morgan fingerprint density at radius 2 is 2.06 bits per heavy atom. The second-order valence-electron chi connectivity index (χ2n) is 3.67. The third-order valence-corrected chi connectivity index (χ3v) is 4.78. The first-order valence-corrected chi connectivity index (χ1v) is 7.04. The van der Waals surface area contributed by atoms with Crippen molar-refractivity contribution in [1.29, 1.82) is 0 Å². The van der Waals surface area contributed by atoms with Gasteiger partial charge in [-0.15, -0.1) is 23.1 Å². The van der Waals surface area contributed by atoms with Crippen LogP contribution < -0.4 is 0 Å². The lowest BCUT2D eigenvalue weighted by Gasteiger charge is -2.00. The van der Waals surface area contributed by atoms with Crippen molar-refractivity contribution in [2.24, 2.45) is 4.99 Å². The van der Waals surface area contributed by atoms with Gasteiger partial charge in [-0.05, 0) is 11.6 Å². The van der Waals surface area contributed by atoms with Crippen LogP contribution in [0.5, 0.6) is 0 Å². The van der Waals surface area contributed by atoms with E-state index >= 15 is 0 Å². The number of thioether (sulfide) groups is 1. The molecule has 0 bridgehead atoms. The minimum absolute atomic E-state index is 1.01. The van der Waals surface area contributed by atoms with E-state index in [-0.39, 0.29) is 0 Å². The molecule has 0 saturated heterocycles. The van der Waals surface area contributed by atoms with Crippen LogP contribution in [0.2, 0.25) is 0 Å². The molecule has 0 N–H and O–H groups in total. The van der Waals surface area contributed by atoms with Crippen LogP contribution in [0.4, 0.5) is 5.69 Å². The van der Waals surface area contributed by atoms with Crippen molar-refractivity contribution in [3.8, 4) is 0 Å². The summed E-state index contributed by atoms with van der Waals surface area (Å²) in [5, 5.41) is 0. The first-order chi connectivity index (χ1) is 7.92. The van der Waals surface area contributed by atoms with Gasteiger partial charge in [-0.2, -0.15) is 0 Å². The van der Waals surface area contributed by atoms with Crippen molar-refractivity contribution >= 4 is 35.0 Å². The van der Waals surface area contributed by atoms with Crippen molar-refractivity contribution in [3.05, 3.63) is 46.8 Å². The smallest absolute Gasteiger partial charge is 0.0873 e. The van der Waals surface area contributed by atoms with E-state index < -0.39 is 0 Å². The number of aliphatic imine (C=N–C) groups is 1. The van der Waals surface area contributed by atoms with Gasteiger partial charge in [-0.3, -0.25) is 4.99 Å². The second kappa shape index (κ2) is 4.44. The highest BCUT2D eigenvalue weighted by atomic mass is 32.2. The zero-order valence-corrected chi connectivity index (χ0v) is 10.4. The van der Waals surface area contributed by atoms with Crippen LogP contribution in [0.25, 0.3) is 0 Å². The number of rotatable bonds is 2. The van der Waals surface area contributed by atoms with Crippen molar-refractivity contribution in [1.82, 2.24) is 0 Å². The molecule has 16 heavy (non-hydrogen) atoms. The summed E-state index contributed by atoms with van der Waals surface area (Å²) in [6.07, 6.45) is 3.01. The SMILES string of the molecule is C1=Nc2cc(Cc3ccccc3)sc2SC1. The largest absolute Gasteiger partial charge is 0.258 e. The van der Waals surface area contributed by atoms with Crippen molar-refractivity contribution in [2.75, 3.05) is 5.75 Å². The highest BCUT2D eigenvalue weighted by Crippen LogP contribution is 2.40. The summed E-state index contributed by atoms with van der Waals surface area (Å²) in [5.74, 6) is 1.01. The molecule has 1 nitrogen and oxygen atoms in total. The second-order valence-corrected chi connectivity index (χ2v) is 6.10. The monoisotopic (exact) mass is 245 g/mol. The van der Waals surface area contributed by atoms with Crippen molar-refractivity contribution in [3.63, 3.8) is 0 Å². The molecule has 0 spiro atoms. The number of hydrogen-bond donors (Lipinski definition) is 0. The zero-order chi connectivity index (χ0) is 10.8. The summed E-state index contributed by atoms with van der Waals surface area (Å²) >= 11 is 3.77. The summed E-state index contributed by atoms with van der Waals surface area (Å²) < 4.78 is 1.37. The molecular weight excluding hydrogens is 234 g/mol. The van der Waals surface area contributed by atoms with Gasteiger partial charge in [0.1, 0.15) is 0 Å². The van der Waals surface area contributed by atoms with E-state index in [1.54, 1.807) is 0 Å². The van der Waals surface area contributed by atoms with E-state index in [4.69, 9.17) is 0 Å². The predicted octanol–water partition coefficient (Wildman–Crippen LogP) is 4.15. The molecule has 80 valence electrons. The maximum Gasteiger partial charge on any atom is 0.0873 e. The first kappa shape index (κ1) is 10.1. The van der Waals surface area contributed by atoms with E-state index in [1.165, 1.54) is 14.6 Å². The Hall–Kier alpha value is -1.06. The molecule has 3 rings (SSSR count). The Morgan fingerprint density at radius 1 is 1.19 bits per heavy atom. The van der Waals surface area contributed by atoms with Crippen LogP contribution in [0.1, 0.15) is 10.4 Å². The van der Waals surface area contributed by atoms with E-state index in [1.807, 2.05) is 29.3 Å². The van der Waals surface area contributed by atoms with Gasteiger partial charge in [0.25, 0.3) is 0 Å². The summed E-state index contributed by atoms with van der Waals surface area (Å²) in [4.78, 5) is 5.83. The minimum atomic E-state index is 1.01. The molecule has 0 atom stereocenters. The van der Waals surface area contributed by atoms with Gasteiger partial charge >= 0.3 is 0 Å². The van der Waals surface area contributed by atoms with Crippen molar-refractivity contribution in [2.45, 2.75) is 10.6 Å². The lowest BCUT2D eigenvalue weighted by molar-refractivity contribution is 1.24. The molecule has 0 aliphatic carbocycles. The van der Waals surface area contributed by atoms with E-state index in [0.29, 0.717) is 0 Å². The van der Waals surface area contributed by atoms with Crippen LogP contribution >= 0.6 is 23.1 Å². The fourth-order valence-electron chi connectivity index (χ4n) is 1.74. The topological polar surface area (TPSA) is 12.4 Å². The molecule has 2 heterocycles. The maximum atomic E-state index is 4.42. The van der Waals surface area contributed by atoms with Crippen molar-refractivity contribution < 1.29 is 0 Å². The zero-order valence-electron chi connectivity index (χ0n) is 8.72. The van der Waals surface area contributed by atoms with E-state index in [0.717, 1.165) is 17.9 Å². The third-order valence-electron chi connectivity index (χ3n) is 2.47. The molecule has 3 heteroatoms. The Kier molecular flexibility index (Phi) is 2.80. The molecule has 1 aliphatic heterocycles. The highest BCUT2D eigenvalue weighted by molar-refractivity contribution is 8.01. The molecule has 0 radical (unpaired) electrons. The van der Waals surface area contributed by atoms with Gasteiger partial charge in [0.05, 0.1) is 9.90 Å². The number of hydrogen-bond acceptors (Lipinski definition) is 3. The van der Waals surface area contributed by atoms with Crippen LogP contribution in [-0.4, -0.2) is 12.0 Å². The van der Waals surface area contributed by atoms with Crippen LogP contribution in [0.3, 0.4) is 0 Å². The quantitative estimate of drug-likeness (QED) is 0.774. The molecule has 0 saturated carbocycles. The lowest BCUT2D eigenvalue weighted by atomic mass is 10.1. The normalized spacial score (nSPS) is 13.8. The number of fused-ring (bicyclic) bond motifs is 1. The predicted molar refractivity (Wildman–Crippen MR) is 72.4 cm³/mol. The molecule has 1 aromatic heterocycles. The number of nitrogens with zero attached hydrogens (tertiary/aromatic N) is 1. The van der Waals surface area contributed by atoms with Gasteiger partial charge in [0.15, 0.2) is 0 Å². The van der Waals surface area contributed by atoms with Gasteiger partial charge in [0.2, 0.25) is 0 Å². The van der Waals surface area contributed by atoms with Crippen LogP contribution in [-0.2, 0) is 6.42 Å². The Morgan fingerprint density at radius 3 is 2.88 bits per heavy atom. The molecule has 0 fully saturated rings. The summed E-state index contributed by atoms with van der Waals surface area (Å²) in [6, 6.07) is 12.8. The summed E-state index contributed by atoms with van der Waals surface area (Å²) in [7, 11) is 0. The van der Waals surface area contributed by atoms with E-state index in [2.05, 4.69) is 41.4 Å². The summed E-state index contributed by atoms with van der Waals surface area (Å²) in [5.41, 5.74) is 2.53. The van der Waals surface area contributed by atoms with Crippen LogP contribution in [0, 0.1) is 0 Å². The molecule has 0 amide bonds. The number of benzene rings is 1. The Labute approximate surface area is 103 Å². The number of thiophene rings is 1. The molecule has 2 aromatic rings. The molecule has 0 unspecified atom stereocenters. The average Bonchev–Trinajstić information content (AvgIpc) is 2.72. The first-order valence-electron chi connectivity index (χ1n) is 5.24. The van der Waals surface area contributed by atoms with Gasteiger partial charge < -0.3 is 0 Å². The lowest BCUT2D eigenvalue weighted by Crippen LogP contribution is -1.82. The Bertz CT molecular complexity index is 514. The van der Waals surface area contributed by atoms with Crippen LogP contribution in [0.15, 0.2) is 45.6 Å².